The molecule has 6 nitrogen and oxygen atoms in total. The predicted molar refractivity (Wildman–Crippen MR) is 91.9 cm³/mol. The van der Waals surface area contributed by atoms with Crippen molar-refractivity contribution >= 4 is 39.7 Å². The zero-order valence-corrected chi connectivity index (χ0v) is 14.1. The molecule has 0 saturated carbocycles. The number of thiocarbonyl (C=S) groups is 1. The van der Waals surface area contributed by atoms with Crippen LogP contribution >= 0.6 is 24.0 Å². The molecule has 0 radical (unpaired) electrons. The zero-order chi connectivity index (χ0) is 16.1. The standard InChI is InChI=1S/C14H16N4O2S2/c1-4-20-13-12(9(2)17-18(13)14(21)22-3)16-15-10-5-7-11(19)8-6-10/h5-8,19H,4H2,1-3H3. The Kier molecular flexibility index (Phi) is 5.51. The van der Waals surface area contributed by atoms with E-state index in [1.54, 1.807) is 28.9 Å². The van der Waals surface area contributed by atoms with Gasteiger partial charge in [0.25, 0.3) is 0 Å². The van der Waals surface area contributed by atoms with Crippen molar-refractivity contribution in [2.24, 2.45) is 10.2 Å². The highest BCUT2D eigenvalue weighted by Gasteiger charge is 2.19. The van der Waals surface area contributed by atoms with Gasteiger partial charge in [-0.05, 0) is 44.4 Å². The summed E-state index contributed by atoms with van der Waals surface area (Å²) < 4.78 is 7.77. The molecule has 1 N–H and O–H groups in total. The molecule has 0 unspecified atom stereocenters. The van der Waals surface area contributed by atoms with E-state index < -0.39 is 0 Å². The molecule has 0 fully saturated rings. The molecule has 1 heterocycles. The van der Waals surface area contributed by atoms with Gasteiger partial charge in [-0.15, -0.1) is 5.11 Å². The average molecular weight is 336 g/mol. The monoisotopic (exact) mass is 336 g/mol. The third-order valence-electron chi connectivity index (χ3n) is 2.73. The Balaban J connectivity index is 2.39. The van der Waals surface area contributed by atoms with Crippen LogP contribution in [0, 0.1) is 6.92 Å². The van der Waals surface area contributed by atoms with Crippen LogP contribution in [0.15, 0.2) is 34.5 Å². The van der Waals surface area contributed by atoms with E-state index in [0.29, 0.717) is 33.9 Å². The highest BCUT2D eigenvalue weighted by molar-refractivity contribution is 8.22. The van der Waals surface area contributed by atoms with E-state index in [1.165, 1.54) is 11.8 Å². The number of nitrogens with zero attached hydrogens (tertiary/aromatic N) is 4. The molecule has 2 aromatic rings. The van der Waals surface area contributed by atoms with Gasteiger partial charge in [-0.2, -0.15) is 14.9 Å². The van der Waals surface area contributed by atoms with Gasteiger partial charge >= 0.3 is 0 Å². The summed E-state index contributed by atoms with van der Waals surface area (Å²) in [5, 5.41) is 22.0. The summed E-state index contributed by atoms with van der Waals surface area (Å²) in [6.45, 7) is 4.19. The maximum absolute atomic E-state index is 9.27. The number of hydrogen-bond acceptors (Lipinski definition) is 7. The van der Waals surface area contributed by atoms with Crippen molar-refractivity contribution in [1.82, 2.24) is 9.78 Å². The van der Waals surface area contributed by atoms with E-state index in [0.717, 1.165) is 0 Å². The minimum Gasteiger partial charge on any atom is -0.508 e. The molecule has 1 aromatic carbocycles. The number of thioether (sulfide) groups is 1. The fourth-order valence-electron chi connectivity index (χ4n) is 1.72. The van der Waals surface area contributed by atoms with Crippen molar-refractivity contribution in [2.45, 2.75) is 13.8 Å². The number of phenols is 1. The Bertz CT molecular complexity index is 696. The molecule has 0 atom stereocenters. The van der Waals surface area contributed by atoms with Crippen LogP contribution in [0.2, 0.25) is 0 Å². The van der Waals surface area contributed by atoms with Crippen molar-refractivity contribution in [2.75, 3.05) is 12.9 Å². The van der Waals surface area contributed by atoms with Crippen LogP contribution in [-0.4, -0.2) is 32.1 Å². The molecule has 0 spiro atoms. The first-order chi connectivity index (χ1) is 10.6. The molecule has 116 valence electrons. The van der Waals surface area contributed by atoms with Gasteiger partial charge < -0.3 is 9.84 Å². The molecule has 1 aromatic heterocycles. The van der Waals surface area contributed by atoms with Crippen LogP contribution < -0.4 is 4.74 Å². The third kappa shape index (κ3) is 3.63. The predicted octanol–water partition coefficient (Wildman–Crippen LogP) is 4.21. The van der Waals surface area contributed by atoms with Crippen LogP contribution in [0.5, 0.6) is 11.6 Å². The third-order valence-corrected chi connectivity index (χ3v) is 3.93. The lowest BCUT2D eigenvalue weighted by molar-refractivity contribution is 0.321. The number of phenolic OH excluding ortho intramolecular Hbond substituents is 1. The molecule has 22 heavy (non-hydrogen) atoms. The normalized spacial score (nSPS) is 11.0. The molecule has 0 aliphatic heterocycles. The topological polar surface area (TPSA) is 72.0 Å². The SMILES string of the molecule is CCOc1c(N=Nc2ccc(O)cc2)c(C)nn1C(=S)SC. The molecular formula is C14H16N4O2S2. The number of aromatic hydroxyl groups is 1. The summed E-state index contributed by atoms with van der Waals surface area (Å²) >= 11 is 6.68. The molecule has 0 amide bonds. The molecule has 0 aliphatic carbocycles. The van der Waals surface area contributed by atoms with Gasteiger partial charge in [0.1, 0.15) is 5.75 Å². The summed E-state index contributed by atoms with van der Waals surface area (Å²) in [6.07, 6.45) is 1.88. The summed E-state index contributed by atoms with van der Waals surface area (Å²) in [6, 6.07) is 6.45. The lowest BCUT2D eigenvalue weighted by atomic mass is 10.3. The molecule has 0 saturated heterocycles. The van der Waals surface area contributed by atoms with Crippen LogP contribution in [0.3, 0.4) is 0 Å². The Morgan fingerprint density at radius 3 is 2.64 bits per heavy atom. The van der Waals surface area contributed by atoms with Crippen molar-refractivity contribution < 1.29 is 9.84 Å². The summed E-state index contributed by atoms with van der Waals surface area (Å²) in [5.74, 6) is 0.671. The van der Waals surface area contributed by atoms with Crippen molar-refractivity contribution in [1.29, 1.82) is 0 Å². The van der Waals surface area contributed by atoms with E-state index in [-0.39, 0.29) is 5.75 Å². The van der Waals surface area contributed by atoms with E-state index in [9.17, 15) is 5.11 Å². The maximum Gasteiger partial charge on any atom is 0.246 e. The van der Waals surface area contributed by atoms with E-state index in [1.807, 2.05) is 20.1 Å². The highest BCUT2D eigenvalue weighted by Crippen LogP contribution is 2.34. The summed E-state index contributed by atoms with van der Waals surface area (Å²) in [7, 11) is 0. The van der Waals surface area contributed by atoms with Gasteiger partial charge in [-0.25, -0.2) is 0 Å². The number of benzene rings is 1. The lowest BCUT2D eigenvalue weighted by Crippen LogP contribution is -2.09. The van der Waals surface area contributed by atoms with E-state index >= 15 is 0 Å². The second kappa shape index (κ2) is 7.37. The second-order valence-electron chi connectivity index (χ2n) is 4.27. The first-order valence-corrected chi connectivity index (χ1v) is 8.21. The van der Waals surface area contributed by atoms with Gasteiger partial charge in [-0.1, -0.05) is 24.0 Å². The molecule has 2 rings (SSSR count). The van der Waals surface area contributed by atoms with E-state index in [2.05, 4.69) is 15.3 Å². The van der Waals surface area contributed by atoms with Gasteiger partial charge in [0.2, 0.25) is 5.88 Å². The Labute approximate surface area is 138 Å². The maximum atomic E-state index is 9.27. The van der Waals surface area contributed by atoms with Crippen molar-refractivity contribution in [3.05, 3.63) is 30.0 Å². The number of hydrogen-bond donors (Lipinski definition) is 1. The highest BCUT2D eigenvalue weighted by atomic mass is 32.2. The largest absolute Gasteiger partial charge is 0.508 e. The lowest BCUT2D eigenvalue weighted by Gasteiger charge is -2.06. The zero-order valence-electron chi connectivity index (χ0n) is 12.5. The summed E-state index contributed by atoms with van der Waals surface area (Å²) in [4.78, 5) is 0. The van der Waals surface area contributed by atoms with Crippen molar-refractivity contribution in [3.8, 4) is 11.6 Å². The molecule has 8 heteroatoms. The van der Waals surface area contributed by atoms with Gasteiger partial charge in [0.15, 0.2) is 10.0 Å². The van der Waals surface area contributed by atoms with Crippen LogP contribution in [-0.2, 0) is 0 Å². The second-order valence-corrected chi connectivity index (χ2v) is 5.71. The fraction of sp³-hybridized carbons (Fsp3) is 0.286. The Morgan fingerprint density at radius 1 is 1.36 bits per heavy atom. The first-order valence-electron chi connectivity index (χ1n) is 6.58. The van der Waals surface area contributed by atoms with E-state index in [4.69, 9.17) is 17.0 Å². The number of rotatable bonds is 4. The van der Waals surface area contributed by atoms with Crippen LogP contribution in [0.1, 0.15) is 12.6 Å². The number of ether oxygens (including phenoxy) is 1. The first kappa shape index (κ1) is 16.4. The number of azo groups is 1. The minimum absolute atomic E-state index is 0.184. The molecular weight excluding hydrogens is 320 g/mol. The minimum atomic E-state index is 0.184. The van der Waals surface area contributed by atoms with Gasteiger partial charge in [0, 0.05) is 0 Å². The Hall–Kier alpha value is -1.93. The molecule has 0 aliphatic rings. The fourth-order valence-corrected chi connectivity index (χ4v) is 2.14. The Morgan fingerprint density at radius 2 is 2.05 bits per heavy atom. The van der Waals surface area contributed by atoms with Crippen LogP contribution in [0.25, 0.3) is 0 Å². The number of aryl methyl sites for hydroxylation is 1. The quantitative estimate of drug-likeness (QED) is 0.669. The smallest absolute Gasteiger partial charge is 0.246 e. The number of aromatic nitrogens is 2. The van der Waals surface area contributed by atoms with Crippen LogP contribution in [0.4, 0.5) is 11.4 Å². The van der Waals surface area contributed by atoms with Gasteiger partial charge in [-0.3, -0.25) is 0 Å². The average Bonchev–Trinajstić information content (AvgIpc) is 2.83. The van der Waals surface area contributed by atoms with Gasteiger partial charge in [0.05, 0.1) is 18.0 Å². The molecule has 0 bridgehead atoms. The van der Waals surface area contributed by atoms with Crippen molar-refractivity contribution in [3.63, 3.8) is 0 Å². The summed E-state index contributed by atoms with van der Waals surface area (Å²) in [5.41, 5.74) is 1.86.